The molecule has 156 valence electrons. The van der Waals surface area contributed by atoms with Crippen molar-refractivity contribution in [1.29, 1.82) is 0 Å². The zero-order valence-corrected chi connectivity index (χ0v) is 19.6. The van der Waals surface area contributed by atoms with Crippen LogP contribution in [0.1, 0.15) is 32.2 Å². The van der Waals surface area contributed by atoms with E-state index in [9.17, 15) is 4.39 Å². The highest BCUT2D eigenvalue weighted by Gasteiger charge is 2.10. The van der Waals surface area contributed by atoms with Crippen molar-refractivity contribution < 1.29 is 9.13 Å². The minimum atomic E-state index is -0.360. The molecule has 1 aromatic carbocycles. The van der Waals surface area contributed by atoms with Crippen LogP contribution in [0.5, 0.6) is 5.75 Å². The minimum Gasteiger partial charge on any atom is -0.494 e. The normalized spacial score (nSPS) is 11.3. The predicted octanol–water partition coefficient (Wildman–Crippen LogP) is 3.90. The molecule has 1 N–H and O–H groups in total. The van der Waals surface area contributed by atoms with E-state index >= 15 is 0 Å². The zero-order chi connectivity index (χ0) is 19.8. The van der Waals surface area contributed by atoms with Crippen molar-refractivity contribution in [2.24, 2.45) is 10.9 Å². The second-order valence-electron chi connectivity index (χ2n) is 6.88. The van der Waals surface area contributed by atoms with Crippen molar-refractivity contribution in [2.45, 2.75) is 40.4 Å². The first-order valence-electron chi connectivity index (χ1n) is 9.26. The molecule has 1 heterocycles. The SMILES string of the molecule is CCNC(=NCc1nccn1CC(C)C)N(C)Cc1ccc(OC)c(F)c1.I. The number of hydrogen-bond acceptors (Lipinski definition) is 3. The van der Waals surface area contributed by atoms with Crippen LogP contribution in [-0.2, 0) is 19.6 Å². The number of methoxy groups -OCH3 is 1. The predicted molar refractivity (Wildman–Crippen MR) is 122 cm³/mol. The van der Waals surface area contributed by atoms with E-state index in [1.165, 1.54) is 13.2 Å². The third-order valence-electron chi connectivity index (χ3n) is 4.07. The molecule has 0 radical (unpaired) electrons. The fraction of sp³-hybridized carbons (Fsp3) is 0.500. The summed E-state index contributed by atoms with van der Waals surface area (Å²) in [5, 5.41) is 3.28. The average molecular weight is 503 g/mol. The van der Waals surface area contributed by atoms with Crippen LogP contribution in [0.2, 0.25) is 0 Å². The van der Waals surface area contributed by atoms with Crippen LogP contribution >= 0.6 is 24.0 Å². The molecule has 0 amide bonds. The van der Waals surface area contributed by atoms with E-state index in [0.29, 0.717) is 19.0 Å². The van der Waals surface area contributed by atoms with Crippen LogP contribution in [0.3, 0.4) is 0 Å². The number of aliphatic imine (C=N–C) groups is 1. The number of rotatable bonds is 8. The van der Waals surface area contributed by atoms with Gasteiger partial charge in [-0.3, -0.25) is 0 Å². The fourth-order valence-electron chi connectivity index (χ4n) is 2.82. The van der Waals surface area contributed by atoms with Gasteiger partial charge in [0.2, 0.25) is 0 Å². The Balaban J connectivity index is 0.00000392. The van der Waals surface area contributed by atoms with Crippen molar-refractivity contribution in [3.63, 3.8) is 0 Å². The highest BCUT2D eigenvalue weighted by atomic mass is 127. The monoisotopic (exact) mass is 503 g/mol. The molecule has 0 spiro atoms. The van der Waals surface area contributed by atoms with Gasteiger partial charge in [-0.2, -0.15) is 0 Å². The van der Waals surface area contributed by atoms with Crippen molar-refractivity contribution >= 4 is 29.9 Å². The van der Waals surface area contributed by atoms with E-state index < -0.39 is 0 Å². The Labute approximate surface area is 184 Å². The Morgan fingerprint density at radius 1 is 1.39 bits per heavy atom. The molecule has 0 unspecified atom stereocenters. The molecule has 0 fully saturated rings. The van der Waals surface area contributed by atoms with Crippen LogP contribution in [0, 0.1) is 11.7 Å². The van der Waals surface area contributed by atoms with E-state index in [1.807, 2.05) is 37.3 Å². The summed E-state index contributed by atoms with van der Waals surface area (Å²) in [7, 11) is 3.40. The molecule has 0 atom stereocenters. The smallest absolute Gasteiger partial charge is 0.194 e. The first kappa shape index (κ1) is 24.2. The summed E-state index contributed by atoms with van der Waals surface area (Å²) in [5.41, 5.74) is 0.850. The molecule has 1 aromatic heterocycles. The Kier molecular flexibility index (Phi) is 10.3. The molecule has 2 rings (SSSR count). The maximum Gasteiger partial charge on any atom is 0.194 e. The number of nitrogens with one attached hydrogen (secondary N) is 1. The van der Waals surface area contributed by atoms with Gasteiger partial charge in [-0.1, -0.05) is 19.9 Å². The van der Waals surface area contributed by atoms with Gasteiger partial charge in [-0.25, -0.2) is 14.4 Å². The molecule has 2 aromatic rings. The number of imidazole rings is 1. The van der Waals surface area contributed by atoms with Crippen molar-refractivity contribution in [3.05, 3.63) is 47.8 Å². The number of halogens is 2. The number of ether oxygens (including phenoxy) is 1. The Morgan fingerprint density at radius 3 is 2.75 bits per heavy atom. The maximum absolute atomic E-state index is 13.9. The summed E-state index contributed by atoms with van der Waals surface area (Å²) in [4.78, 5) is 11.1. The average Bonchev–Trinajstić information content (AvgIpc) is 3.05. The summed E-state index contributed by atoms with van der Waals surface area (Å²) < 4.78 is 21.0. The molecule has 0 aliphatic carbocycles. The molecular weight excluding hydrogens is 472 g/mol. The lowest BCUT2D eigenvalue weighted by atomic mass is 10.2. The lowest BCUT2D eigenvalue weighted by Crippen LogP contribution is -2.38. The van der Waals surface area contributed by atoms with Gasteiger partial charge in [-0.05, 0) is 30.5 Å². The van der Waals surface area contributed by atoms with Crippen LogP contribution < -0.4 is 10.1 Å². The fourth-order valence-corrected chi connectivity index (χ4v) is 2.82. The number of guanidine groups is 1. The molecule has 0 aliphatic rings. The van der Waals surface area contributed by atoms with Gasteiger partial charge in [0, 0.05) is 39.1 Å². The number of aromatic nitrogens is 2. The molecule has 6 nitrogen and oxygen atoms in total. The zero-order valence-electron chi connectivity index (χ0n) is 17.3. The Bertz CT molecular complexity index is 763. The van der Waals surface area contributed by atoms with Crippen molar-refractivity contribution in [3.8, 4) is 5.75 Å². The van der Waals surface area contributed by atoms with Crippen molar-refractivity contribution in [1.82, 2.24) is 19.8 Å². The van der Waals surface area contributed by atoms with E-state index in [1.54, 1.807) is 6.07 Å². The van der Waals surface area contributed by atoms with Gasteiger partial charge < -0.3 is 19.5 Å². The summed E-state index contributed by atoms with van der Waals surface area (Å²) in [5.74, 6) is 2.12. The van der Waals surface area contributed by atoms with Crippen LogP contribution in [-0.4, -0.2) is 41.1 Å². The Hall–Kier alpha value is -1.84. The van der Waals surface area contributed by atoms with Gasteiger partial charge in [-0.15, -0.1) is 24.0 Å². The third kappa shape index (κ3) is 6.96. The first-order chi connectivity index (χ1) is 12.9. The Morgan fingerprint density at radius 2 is 2.14 bits per heavy atom. The number of nitrogens with zero attached hydrogens (tertiary/aromatic N) is 4. The highest BCUT2D eigenvalue weighted by Crippen LogP contribution is 2.18. The molecule has 0 bridgehead atoms. The van der Waals surface area contributed by atoms with Crippen LogP contribution in [0.15, 0.2) is 35.6 Å². The second kappa shape index (κ2) is 11.9. The van der Waals surface area contributed by atoms with E-state index in [4.69, 9.17) is 9.73 Å². The minimum absolute atomic E-state index is 0. The van der Waals surface area contributed by atoms with Crippen LogP contribution in [0.25, 0.3) is 0 Å². The summed E-state index contributed by atoms with van der Waals surface area (Å²) in [6.07, 6.45) is 3.80. The molecule has 8 heteroatoms. The topological polar surface area (TPSA) is 54.7 Å². The molecule has 0 aliphatic heterocycles. The van der Waals surface area contributed by atoms with Gasteiger partial charge in [0.25, 0.3) is 0 Å². The first-order valence-corrected chi connectivity index (χ1v) is 9.26. The van der Waals surface area contributed by atoms with Gasteiger partial charge in [0.1, 0.15) is 12.4 Å². The van der Waals surface area contributed by atoms with Gasteiger partial charge in [0.05, 0.1) is 7.11 Å². The summed E-state index contributed by atoms with van der Waals surface area (Å²) in [6, 6.07) is 5.00. The lowest BCUT2D eigenvalue weighted by molar-refractivity contribution is 0.385. The molecule has 28 heavy (non-hydrogen) atoms. The number of benzene rings is 1. The quantitative estimate of drug-likeness (QED) is 0.338. The van der Waals surface area contributed by atoms with Gasteiger partial charge in [0.15, 0.2) is 17.5 Å². The maximum atomic E-state index is 13.9. The lowest BCUT2D eigenvalue weighted by Gasteiger charge is -2.22. The van der Waals surface area contributed by atoms with Crippen LogP contribution in [0.4, 0.5) is 4.39 Å². The summed E-state index contributed by atoms with van der Waals surface area (Å²) in [6.45, 7) is 9.08. The highest BCUT2D eigenvalue weighted by molar-refractivity contribution is 14.0. The number of hydrogen-bond donors (Lipinski definition) is 1. The van der Waals surface area contributed by atoms with Crippen molar-refractivity contribution in [2.75, 3.05) is 20.7 Å². The standard InChI is InChI=1S/C20H30FN5O.HI/c1-6-22-20(24-12-19-23-9-10-26(19)13-15(2)3)25(4)14-16-7-8-18(27-5)17(21)11-16;/h7-11,15H,6,12-14H2,1-5H3,(H,22,24);1H. The third-order valence-corrected chi connectivity index (χ3v) is 4.07. The van der Waals surface area contributed by atoms with E-state index in [-0.39, 0.29) is 35.5 Å². The van der Waals surface area contributed by atoms with E-state index in [2.05, 4.69) is 28.7 Å². The largest absolute Gasteiger partial charge is 0.494 e. The molecule has 0 saturated heterocycles. The van der Waals surface area contributed by atoms with E-state index in [0.717, 1.165) is 30.4 Å². The van der Waals surface area contributed by atoms with Gasteiger partial charge >= 0.3 is 0 Å². The summed E-state index contributed by atoms with van der Waals surface area (Å²) >= 11 is 0. The molecule has 0 saturated carbocycles. The second-order valence-corrected chi connectivity index (χ2v) is 6.88. The molecular formula is C20H31FIN5O.